The zero-order valence-electron chi connectivity index (χ0n) is 12.7. The van der Waals surface area contributed by atoms with Crippen molar-refractivity contribution in [1.29, 1.82) is 0 Å². The number of hydrogen-bond donors (Lipinski definition) is 1. The van der Waals surface area contributed by atoms with Crippen molar-refractivity contribution in [2.24, 2.45) is 5.92 Å². The van der Waals surface area contributed by atoms with Crippen molar-refractivity contribution in [1.82, 2.24) is 19.8 Å². The van der Waals surface area contributed by atoms with Gasteiger partial charge in [-0.05, 0) is 37.3 Å². The second kappa shape index (κ2) is 6.54. The van der Waals surface area contributed by atoms with E-state index in [2.05, 4.69) is 27.5 Å². The van der Waals surface area contributed by atoms with E-state index in [-0.39, 0.29) is 0 Å². The van der Waals surface area contributed by atoms with Gasteiger partial charge in [-0.3, -0.25) is 0 Å². The molecule has 1 unspecified atom stereocenters. The van der Waals surface area contributed by atoms with Crippen LogP contribution in [0.25, 0.3) is 5.65 Å². The second-order valence-electron chi connectivity index (χ2n) is 5.93. The molecule has 1 fully saturated rings. The molecule has 0 radical (unpaired) electrons. The minimum atomic E-state index is -2.68. The lowest BCUT2D eigenvalue weighted by atomic mass is 9.78. The third-order valence-corrected chi connectivity index (χ3v) is 4.40. The van der Waals surface area contributed by atoms with Gasteiger partial charge in [0.2, 0.25) is 5.82 Å². The van der Waals surface area contributed by atoms with Gasteiger partial charge in [0.15, 0.2) is 5.65 Å². The van der Waals surface area contributed by atoms with Gasteiger partial charge in [-0.15, -0.1) is 15.3 Å². The van der Waals surface area contributed by atoms with Gasteiger partial charge in [-0.25, -0.2) is 8.78 Å². The third-order valence-electron chi connectivity index (χ3n) is 4.40. The van der Waals surface area contributed by atoms with Crippen molar-refractivity contribution in [3.05, 3.63) is 18.0 Å². The topological polar surface area (TPSA) is 55.1 Å². The van der Waals surface area contributed by atoms with E-state index >= 15 is 0 Å². The molecule has 1 aliphatic carbocycles. The summed E-state index contributed by atoms with van der Waals surface area (Å²) in [5, 5.41) is 14.9. The molecule has 120 valence electrons. The zero-order chi connectivity index (χ0) is 15.5. The minimum absolute atomic E-state index is 0.342. The third kappa shape index (κ3) is 3.03. The average molecular weight is 309 g/mol. The van der Waals surface area contributed by atoms with Crippen molar-refractivity contribution in [2.45, 2.75) is 57.9 Å². The van der Waals surface area contributed by atoms with Crippen LogP contribution in [0.4, 0.5) is 14.6 Å². The molecule has 0 spiro atoms. The van der Waals surface area contributed by atoms with Crippen LogP contribution in [-0.4, -0.2) is 25.9 Å². The highest BCUT2D eigenvalue weighted by atomic mass is 19.3. The molecular weight excluding hydrogens is 288 g/mol. The second-order valence-corrected chi connectivity index (χ2v) is 5.93. The summed E-state index contributed by atoms with van der Waals surface area (Å²) in [5.41, 5.74) is 0.342. The van der Waals surface area contributed by atoms with E-state index in [1.807, 2.05) is 0 Å². The molecule has 0 amide bonds. The predicted molar refractivity (Wildman–Crippen MR) is 80.0 cm³/mol. The molecule has 0 saturated heterocycles. The normalized spacial score (nSPS) is 16.9. The van der Waals surface area contributed by atoms with Crippen molar-refractivity contribution in [3.63, 3.8) is 0 Å². The zero-order valence-corrected chi connectivity index (χ0v) is 12.7. The first-order valence-electron chi connectivity index (χ1n) is 7.96. The lowest BCUT2D eigenvalue weighted by Gasteiger charge is -2.34. The van der Waals surface area contributed by atoms with Crippen molar-refractivity contribution in [3.8, 4) is 0 Å². The summed E-state index contributed by atoms with van der Waals surface area (Å²) in [6, 6.07) is 3.83. The highest BCUT2D eigenvalue weighted by molar-refractivity contribution is 5.44. The maximum atomic E-state index is 12.9. The Bertz CT molecular complexity index is 623. The molecule has 0 bridgehead atoms. The lowest BCUT2D eigenvalue weighted by Crippen LogP contribution is -2.34. The number of anilines is 1. The van der Waals surface area contributed by atoms with Crippen LogP contribution >= 0.6 is 0 Å². The summed E-state index contributed by atoms with van der Waals surface area (Å²) < 4.78 is 26.9. The number of unbranched alkanes of at least 4 members (excludes halogenated alkanes) is 1. The fourth-order valence-electron chi connectivity index (χ4n) is 2.90. The first-order chi connectivity index (χ1) is 10.7. The number of halogens is 2. The molecule has 1 N–H and O–H groups in total. The number of nitrogens with one attached hydrogen (secondary N) is 1. The number of aromatic nitrogens is 4. The van der Waals surface area contributed by atoms with Gasteiger partial charge in [0, 0.05) is 6.04 Å². The Hall–Kier alpha value is -1.79. The van der Waals surface area contributed by atoms with Gasteiger partial charge < -0.3 is 5.32 Å². The van der Waals surface area contributed by atoms with E-state index in [1.54, 1.807) is 12.1 Å². The highest BCUT2D eigenvalue weighted by Crippen LogP contribution is 2.33. The molecule has 0 aliphatic heterocycles. The van der Waals surface area contributed by atoms with Crippen LogP contribution < -0.4 is 5.32 Å². The number of alkyl halides is 2. The summed E-state index contributed by atoms with van der Waals surface area (Å²) in [7, 11) is 0. The number of rotatable bonds is 7. The van der Waals surface area contributed by atoms with Crippen molar-refractivity contribution < 1.29 is 8.78 Å². The van der Waals surface area contributed by atoms with Crippen LogP contribution in [0.1, 0.15) is 57.7 Å². The quantitative estimate of drug-likeness (QED) is 0.844. The van der Waals surface area contributed by atoms with Gasteiger partial charge in [-0.2, -0.15) is 4.52 Å². The highest BCUT2D eigenvalue weighted by Gasteiger charge is 2.27. The Balaban J connectivity index is 1.80. The van der Waals surface area contributed by atoms with Gasteiger partial charge in [0.05, 0.1) is 0 Å². The van der Waals surface area contributed by atoms with Crippen molar-refractivity contribution in [2.75, 3.05) is 5.32 Å². The average Bonchev–Trinajstić information content (AvgIpc) is 2.86. The molecule has 3 rings (SSSR count). The maximum absolute atomic E-state index is 12.9. The Morgan fingerprint density at radius 2 is 2.14 bits per heavy atom. The summed E-state index contributed by atoms with van der Waals surface area (Å²) in [5.74, 6) is 0.870. The summed E-state index contributed by atoms with van der Waals surface area (Å²) in [4.78, 5) is 0. The smallest absolute Gasteiger partial charge is 0.299 e. The molecule has 1 aliphatic rings. The summed E-state index contributed by atoms with van der Waals surface area (Å²) in [6.07, 6.45) is 4.47. The lowest BCUT2D eigenvalue weighted by molar-refractivity contribution is 0.137. The predicted octanol–water partition coefficient (Wildman–Crippen LogP) is 3.83. The molecule has 22 heavy (non-hydrogen) atoms. The monoisotopic (exact) mass is 309 g/mol. The number of nitrogens with zero attached hydrogens (tertiary/aromatic N) is 4. The van der Waals surface area contributed by atoms with Crippen LogP contribution in [0.2, 0.25) is 0 Å². The maximum Gasteiger partial charge on any atom is 0.299 e. The van der Waals surface area contributed by atoms with Crippen LogP contribution in [0.3, 0.4) is 0 Å². The van der Waals surface area contributed by atoms with Gasteiger partial charge >= 0.3 is 0 Å². The van der Waals surface area contributed by atoms with E-state index in [9.17, 15) is 8.78 Å². The van der Waals surface area contributed by atoms with Crippen LogP contribution in [0.5, 0.6) is 0 Å². The first-order valence-corrected chi connectivity index (χ1v) is 7.96. The first kappa shape index (κ1) is 15.1. The molecule has 5 nitrogen and oxygen atoms in total. The van der Waals surface area contributed by atoms with Crippen LogP contribution in [0.15, 0.2) is 12.1 Å². The van der Waals surface area contributed by atoms with E-state index < -0.39 is 12.2 Å². The van der Waals surface area contributed by atoms with Gasteiger partial charge in [0.1, 0.15) is 5.82 Å². The number of hydrogen-bond acceptors (Lipinski definition) is 4. The molecular formula is C15H21F2N5. The standard InChI is InChI=1S/C15H21F2N5/c1-2-3-7-11(10-5-4-6-10)18-12-8-9-13-19-20-15(14(16)17)22(13)21-12/h8-11,14H,2-7H2,1H3,(H,18,21). The Kier molecular flexibility index (Phi) is 4.49. The Morgan fingerprint density at radius 3 is 2.77 bits per heavy atom. The Morgan fingerprint density at radius 1 is 1.32 bits per heavy atom. The summed E-state index contributed by atoms with van der Waals surface area (Å²) in [6.45, 7) is 2.17. The van der Waals surface area contributed by atoms with E-state index in [1.165, 1.54) is 19.3 Å². The van der Waals surface area contributed by atoms with E-state index in [0.717, 1.165) is 23.8 Å². The molecule has 2 aromatic heterocycles. The molecule has 1 saturated carbocycles. The molecule has 7 heteroatoms. The molecule has 2 heterocycles. The molecule has 1 atom stereocenters. The fourth-order valence-corrected chi connectivity index (χ4v) is 2.90. The minimum Gasteiger partial charge on any atom is -0.366 e. The Labute approximate surface area is 128 Å². The van der Waals surface area contributed by atoms with Gasteiger partial charge in [0.25, 0.3) is 6.43 Å². The fraction of sp³-hybridized carbons (Fsp3) is 0.667. The van der Waals surface area contributed by atoms with E-state index in [0.29, 0.717) is 23.4 Å². The van der Waals surface area contributed by atoms with Crippen molar-refractivity contribution >= 4 is 11.5 Å². The molecule has 2 aromatic rings. The molecule has 0 aromatic carbocycles. The van der Waals surface area contributed by atoms with Gasteiger partial charge in [-0.1, -0.05) is 26.2 Å². The summed E-state index contributed by atoms with van der Waals surface area (Å²) >= 11 is 0. The largest absolute Gasteiger partial charge is 0.366 e. The van der Waals surface area contributed by atoms with E-state index in [4.69, 9.17) is 0 Å². The number of fused-ring (bicyclic) bond motifs is 1. The van der Waals surface area contributed by atoms with Crippen LogP contribution in [-0.2, 0) is 0 Å². The van der Waals surface area contributed by atoms with Crippen LogP contribution in [0, 0.1) is 5.92 Å². The SMILES string of the molecule is CCCCC(Nc1ccc2nnc(C(F)F)n2n1)C1CCC1.